The van der Waals surface area contributed by atoms with Crippen LogP contribution in [-0.2, 0) is 4.79 Å². The first-order valence-corrected chi connectivity index (χ1v) is 5.34. The summed E-state index contributed by atoms with van der Waals surface area (Å²) in [5.41, 5.74) is 0. The molecule has 2 fully saturated rings. The Morgan fingerprint density at radius 2 is 2.23 bits per heavy atom. The van der Waals surface area contributed by atoms with Crippen LogP contribution in [0.5, 0.6) is 0 Å². The molecule has 1 aliphatic heterocycles. The summed E-state index contributed by atoms with van der Waals surface area (Å²) in [6.07, 6.45) is 5.56. The van der Waals surface area contributed by atoms with Crippen molar-refractivity contribution in [1.29, 1.82) is 0 Å². The van der Waals surface area contributed by atoms with Crippen LogP contribution in [-0.4, -0.2) is 25.0 Å². The predicted molar refractivity (Wildman–Crippen MR) is 51.4 cm³/mol. The van der Waals surface area contributed by atoms with Gasteiger partial charge in [-0.15, -0.1) is 0 Å². The lowest BCUT2D eigenvalue weighted by molar-refractivity contribution is -0.123. The Balaban J connectivity index is 1.64. The lowest BCUT2D eigenvalue weighted by atomic mass is 9.92. The van der Waals surface area contributed by atoms with Crippen molar-refractivity contribution in [2.75, 3.05) is 13.1 Å². The third-order valence-electron chi connectivity index (χ3n) is 3.11. The minimum atomic E-state index is 0.262. The van der Waals surface area contributed by atoms with Crippen LogP contribution in [0.3, 0.4) is 0 Å². The second kappa shape index (κ2) is 4.09. The summed E-state index contributed by atoms with van der Waals surface area (Å²) < 4.78 is 0. The van der Waals surface area contributed by atoms with Gasteiger partial charge in [0.2, 0.25) is 5.91 Å². The third-order valence-corrected chi connectivity index (χ3v) is 3.11. The van der Waals surface area contributed by atoms with Gasteiger partial charge in [-0.2, -0.15) is 0 Å². The van der Waals surface area contributed by atoms with E-state index >= 15 is 0 Å². The molecule has 2 rings (SSSR count). The second-order valence-corrected chi connectivity index (χ2v) is 4.26. The Hall–Kier alpha value is -0.570. The van der Waals surface area contributed by atoms with E-state index < -0.39 is 0 Å². The molecule has 1 saturated heterocycles. The SMILES string of the molecule is O=C(CC1CCNC1)NC1CCC1. The molecule has 74 valence electrons. The topological polar surface area (TPSA) is 41.1 Å². The van der Waals surface area contributed by atoms with Crippen molar-refractivity contribution < 1.29 is 4.79 Å². The minimum Gasteiger partial charge on any atom is -0.353 e. The van der Waals surface area contributed by atoms with Crippen LogP contribution in [0.25, 0.3) is 0 Å². The highest BCUT2D eigenvalue weighted by atomic mass is 16.1. The van der Waals surface area contributed by atoms with E-state index in [1.807, 2.05) is 0 Å². The van der Waals surface area contributed by atoms with Crippen molar-refractivity contribution in [3.8, 4) is 0 Å². The van der Waals surface area contributed by atoms with Crippen molar-refractivity contribution in [3.05, 3.63) is 0 Å². The van der Waals surface area contributed by atoms with Gasteiger partial charge in [0.1, 0.15) is 0 Å². The molecule has 2 aliphatic rings. The molecular weight excluding hydrogens is 164 g/mol. The molecule has 1 aliphatic carbocycles. The van der Waals surface area contributed by atoms with E-state index in [9.17, 15) is 4.79 Å². The third kappa shape index (κ3) is 2.44. The van der Waals surface area contributed by atoms with Crippen LogP contribution in [0.1, 0.15) is 32.1 Å². The molecule has 1 atom stereocenters. The molecule has 1 heterocycles. The molecule has 0 aromatic heterocycles. The number of carbonyl (C=O) groups is 1. The molecule has 1 unspecified atom stereocenters. The summed E-state index contributed by atoms with van der Waals surface area (Å²) in [5, 5.41) is 6.36. The van der Waals surface area contributed by atoms with Gasteiger partial charge >= 0.3 is 0 Å². The Kier molecular flexibility index (Phi) is 2.83. The van der Waals surface area contributed by atoms with Gasteiger partial charge in [0, 0.05) is 12.5 Å². The van der Waals surface area contributed by atoms with E-state index in [1.54, 1.807) is 0 Å². The molecule has 2 N–H and O–H groups in total. The van der Waals surface area contributed by atoms with Crippen molar-refractivity contribution in [2.24, 2.45) is 5.92 Å². The lowest BCUT2D eigenvalue weighted by Crippen LogP contribution is -2.40. The summed E-state index contributed by atoms with van der Waals surface area (Å²) in [5.74, 6) is 0.846. The molecule has 3 nitrogen and oxygen atoms in total. The van der Waals surface area contributed by atoms with Crippen LogP contribution in [0, 0.1) is 5.92 Å². The first-order valence-electron chi connectivity index (χ1n) is 5.34. The fraction of sp³-hybridized carbons (Fsp3) is 0.900. The lowest BCUT2D eigenvalue weighted by Gasteiger charge is -2.26. The highest BCUT2D eigenvalue weighted by molar-refractivity contribution is 5.76. The van der Waals surface area contributed by atoms with Gasteiger partial charge in [-0.3, -0.25) is 4.79 Å². The molecule has 1 amide bonds. The molecule has 0 aromatic rings. The molecule has 3 heteroatoms. The molecule has 1 saturated carbocycles. The standard InChI is InChI=1S/C10H18N2O/c13-10(12-9-2-1-3-9)6-8-4-5-11-7-8/h8-9,11H,1-7H2,(H,12,13). The first-order chi connectivity index (χ1) is 6.34. The van der Waals surface area contributed by atoms with Crippen LogP contribution in [0.2, 0.25) is 0 Å². The number of hydrogen-bond donors (Lipinski definition) is 2. The van der Waals surface area contributed by atoms with Crippen molar-refractivity contribution in [1.82, 2.24) is 10.6 Å². The van der Waals surface area contributed by atoms with Crippen molar-refractivity contribution in [2.45, 2.75) is 38.1 Å². The average Bonchev–Trinajstić information content (AvgIpc) is 2.49. The maximum absolute atomic E-state index is 11.5. The molecule has 0 bridgehead atoms. The van der Waals surface area contributed by atoms with Crippen LogP contribution in [0.15, 0.2) is 0 Å². The molecule has 0 spiro atoms. The van der Waals surface area contributed by atoms with Crippen LogP contribution in [0.4, 0.5) is 0 Å². The summed E-state index contributed by atoms with van der Waals surface area (Å²) >= 11 is 0. The summed E-state index contributed by atoms with van der Waals surface area (Å²) in [6, 6.07) is 0.502. The zero-order valence-electron chi connectivity index (χ0n) is 8.01. The number of rotatable bonds is 3. The summed E-state index contributed by atoms with van der Waals surface area (Å²) in [6.45, 7) is 2.11. The number of amides is 1. The maximum Gasteiger partial charge on any atom is 0.220 e. The number of nitrogens with one attached hydrogen (secondary N) is 2. The van der Waals surface area contributed by atoms with E-state index in [1.165, 1.54) is 19.3 Å². The Morgan fingerprint density at radius 3 is 2.77 bits per heavy atom. The van der Waals surface area contributed by atoms with Gasteiger partial charge in [-0.05, 0) is 44.7 Å². The predicted octanol–water partition coefficient (Wildman–Crippen LogP) is 0.655. The highest BCUT2D eigenvalue weighted by Crippen LogP contribution is 2.19. The van der Waals surface area contributed by atoms with E-state index in [0.29, 0.717) is 12.0 Å². The molecular formula is C10H18N2O. The molecule has 0 radical (unpaired) electrons. The molecule has 0 aromatic carbocycles. The van der Waals surface area contributed by atoms with Gasteiger partial charge in [-0.25, -0.2) is 0 Å². The van der Waals surface area contributed by atoms with E-state index in [4.69, 9.17) is 0 Å². The second-order valence-electron chi connectivity index (χ2n) is 4.26. The van der Waals surface area contributed by atoms with Gasteiger partial charge in [0.25, 0.3) is 0 Å². The monoisotopic (exact) mass is 182 g/mol. The fourth-order valence-electron chi connectivity index (χ4n) is 1.99. The quantitative estimate of drug-likeness (QED) is 0.673. The van der Waals surface area contributed by atoms with Gasteiger partial charge < -0.3 is 10.6 Å². The Bertz CT molecular complexity index is 183. The largest absolute Gasteiger partial charge is 0.353 e. The number of hydrogen-bond acceptors (Lipinski definition) is 2. The zero-order valence-corrected chi connectivity index (χ0v) is 8.01. The van der Waals surface area contributed by atoms with Gasteiger partial charge in [0.05, 0.1) is 0 Å². The Morgan fingerprint density at radius 1 is 1.38 bits per heavy atom. The van der Waals surface area contributed by atoms with Gasteiger partial charge in [0.15, 0.2) is 0 Å². The first kappa shape index (κ1) is 9.00. The fourth-order valence-corrected chi connectivity index (χ4v) is 1.99. The average molecular weight is 182 g/mol. The number of carbonyl (C=O) groups excluding carboxylic acids is 1. The van der Waals surface area contributed by atoms with E-state index in [0.717, 1.165) is 25.9 Å². The van der Waals surface area contributed by atoms with Crippen LogP contribution < -0.4 is 10.6 Å². The van der Waals surface area contributed by atoms with E-state index in [-0.39, 0.29) is 5.91 Å². The van der Waals surface area contributed by atoms with E-state index in [2.05, 4.69) is 10.6 Å². The zero-order chi connectivity index (χ0) is 9.10. The van der Waals surface area contributed by atoms with Crippen molar-refractivity contribution >= 4 is 5.91 Å². The normalized spacial score (nSPS) is 28.5. The highest BCUT2D eigenvalue weighted by Gasteiger charge is 2.22. The van der Waals surface area contributed by atoms with Crippen molar-refractivity contribution in [3.63, 3.8) is 0 Å². The summed E-state index contributed by atoms with van der Waals surface area (Å²) in [7, 11) is 0. The summed E-state index contributed by atoms with van der Waals surface area (Å²) in [4.78, 5) is 11.5. The smallest absolute Gasteiger partial charge is 0.220 e. The maximum atomic E-state index is 11.5. The minimum absolute atomic E-state index is 0.262. The van der Waals surface area contributed by atoms with Crippen LogP contribution >= 0.6 is 0 Å². The van der Waals surface area contributed by atoms with Gasteiger partial charge in [-0.1, -0.05) is 0 Å². The Labute approximate surface area is 79.3 Å². The molecule has 13 heavy (non-hydrogen) atoms.